The number of benzene rings is 1. The number of fused-ring (bicyclic) bond motifs is 1. The number of ketones is 1. The maximum Gasteiger partial charge on any atom is 0.246 e. The maximum atomic E-state index is 11.8. The average molecular weight is 303 g/mol. The van der Waals surface area contributed by atoms with E-state index in [1.54, 1.807) is 6.92 Å². The molecule has 118 valence electrons. The molecule has 1 N–H and O–H groups in total. The zero-order chi connectivity index (χ0) is 16.3. The van der Waals surface area contributed by atoms with E-state index in [1.165, 1.54) is 7.11 Å². The van der Waals surface area contributed by atoms with Crippen molar-refractivity contribution in [1.82, 2.24) is 14.9 Å². The van der Waals surface area contributed by atoms with E-state index < -0.39 is 0 Å². The van der Waals surface area contributed by atoms with Gasteiger partial charge in [-0.25, -0.2) is 4.98 Å². The number of para-hydroxylation sites is 2. The van der Waals surface area contributed by atoms with Crippen molar-refractivity contribution in [1.29, 1.82) is 0 Å². The van der Waals surface area contributed by atoms with Crippen molar-refractivity contribution in [3.8, 4) is 0 Å². The molecule has 2 rings (SSSR count). The second kappa shape index (κ2) is 6.70. The van der Waals surface area contributed by atoms with Gasteiger partial charge >= 0.3 is 0 Å². The third-order valence-electron chi connectivity index (χ3n) is 3.64. The lowest BCUT2D eigenvalue weighted by Crippen LogP contribution is -2.32. The summed E-state index contributed by atoms with van der Waals surface area (Å²) in [5.41, 5.74) is 1.69. The standard InChI is InChI=1S/C16H21N3O3/c1-10(17-15(21)9-22-4)16-18-13-7-5-6-8-14(13)19(16)11(2)12(3)20/h5-8,10-11H,9H2,1-4H3,(H,17,21). The molecule has 6 heteroatoms. The number of aromatic nitrogens is 2. The molecule has 1 aromatic carbocycles. The van der Waals surface area contributed by atoms with E-state index in [9.17, 15) is 9.59 Å². The summed E-state index contributed by atoms with van der Waals surface area (Å²) >= 11 is 0. The third-order valence-corrected chi connectivity index (χ3v) is 3.64. The number of hydrogen-bond acceptors (Lipinski definition) is 4. The Hall–Kier alpha value is -2.21. The van der Waals surface area contributed by atoms with E-state index in [0.29, 0.717) is 5.82 Å². The topological polar surface area (TPSA) is 73.2 Å². The van der Waals surface area contributed by atoms with Gasteiger partial charge in [0.1, 0.15) is 12.4 Å². The summed E-state index contributed by atoms with van der Waals surface area (Å²) in [7, 11) is 1.47. The van der Waals surface area contributed by atoms with Crippen LogP contribution in [0.5, 0.6) is 0 Å². The van der Waals surface area contributed by atoms with E-state index >= 15 is 0 Å². The molecule has 1 amide bonds. The molecule has 6 nitrogen and oxygen atoms in total. The van der Waals surface area contributed by atoms with Crippen LogP contribution in [-0.4, -0.2) is 35.0 Å². The second-order valence-corrected chi connectivity index (χ2v) is 5.34. The molecular weight excluding hydrogens is 282 g/mol. The lowest BCUT2D eigenvalue weighted by molar-refractivity contribution is -0.125. The van der Waals surface area contributed by atoms with Crippen molar-refractivity contribution in [2.24, 2.45) is 0 Å². The minimum absolute atomic E-state index is 0.00711. The summed E-state index contributed by atoms with van der Waals surface area (Å²) < 4.78 is 6.71. The van der Waals surface area contributed by atoms with E-state index in [-0.39, 0.29) is 30.4 Å². The zero-order valence-electron chi connectivity index (χ0n) is 13.3. The molecule has 2 unspecified atom stereocenters. The molecule has 0 fully saturated rings. The Morgan fingerprint density at radius 3 is 2.64 bits per heavy atom. The highest BCUT2D eigenvalue weighted by molar-refractivity contribution is 5.84. The van der Waals surface area contributed by atoms with E-state index in [0.717, 1.165) is 11.0 Å². The van der Waals surface area contributed by atoms with E-state index in [2.05, 4.69) is 10.3 Å². The molecule has 0 aliphatic rings. The van der Waals surface area contributed by atoms with E-state index in [4.69, 9.17) is 4.74 Å². The minimum atomic E-state index is -0.343. The number of nitrogens with zero attached hydrogens (tertiary/aromatic N) is 2. The summed E-state index contributed by atoms with van der Waals surface area (Å²) in [5.74, 6) is 0.484. The van der Waals surface area contributed by atoms with Gasteiger partial charge in [-0.1, -0.05) is 12.1 Å². The Balaban J connectivity index is 2.45. The molecule has 1 aromatic heterocycles. The summed E-state index contributed by atoms with van der Waals surface area (Å²) in [6.45, 7) is 5.23. The van der Waals surface area contributed by atoms with Crippen LogP contribution in [0.15, 0.2) is 24.3 Å². The number of rotatable bonds is 6. The first kappa shape index (κ1) is 16.2. The lowest BCUT2D eigenvalue weighted by Gasteiger charge is -2.19. The highest BCUT2D eigenvalue weighted by Crippen LogP contribution is 2.25. The van der Waals surface area contributed by atoms with Crippen molar-refractivity contribution in [2.75, 3.05) is 13.7 Å². The summed E-state index contributed by atoms with van der Waals surface area (Å²) in [6.07, 6.45) is 0. The van der Waals surface area contributed by atoms with Crippen molar-refractivity contribution < 1.29 is 14.3 Å². The number of methoxy groups -OCH3 is 1. The predicted octanol–water partition coefficient (Wildman–Crippen LogP) is 2.01. The molecule has 0 spiro atoms. The van der Waals surface area contributed by atoms with Gasteiger partial charge in [0.15, 0.2) is 5.78 Å². The Kier molecular flexibility index (Phi) is 4.92. The Morgan fingerprint density at radius 1 is 1.32 bits per heavy atom. The van der Waals surface area contributed by atoms with Gasteiger partial charge in [0, 0.05) is 7.11 Å². The fourth-order valence-electron chi connectivity index (χ4n) is 2.44. The molecule has 0 saturated carbocycles. The number of Topliss-reactive ketones (excluding diaryl/α,β-unsaturated/α-hetero) is 1. The second-order valence-electron chi connectivity index (χ2n) is 5.34. The fraction of sp³-hybridized carbons (Fsp3) is 0.438. The summed E-state index contributed by atoms with van der Waals surface area (Å²) in [4.78, 5) is 28.1. The molecule has 0 aliphatic carbocycles. The van der Waals surface area contributed by atoms with Gasteiger partial charge in [-0.3, -0.25) is 9.59 Å². The predicted molar refractivity (Wildman–Crippen MR) is 83.6 cm³/mol. The van der Waals surface area contributed by atoms with Crippen LogP contribution in [0.2, 0.25) is 0 Å². The van der Waals surface area contributed by atoms with Gasteiger partial charge in [0.05, 0.1) is 23.1 Å². The van der Waals surface area contributed by atoms with Gasteiger partial charge in [-0.2, -0.15) is 0 Å². The largest absolute Gasteiger partial charge is 0.375 e. The van der Waals surface area contributed by atoms with Crippen LogP contribution < -0.4 is 5.32 Å². The van der Waals surface area contributed by atoms with Crippen LogP contribution >= 0.6 is 0 Å². The molecule has 0 bridgehead atoms. The molecule has 2 atom stereocenters. The molecule has 0 saturated heterocycles. The molecule has 22 heavy (non-hydrogen) atoms. The van der Waals surface area contributed by atoms with Crippen molar-refractivity contribution >= 4 is 22.7 Å². The fourth-order valence-corrected chi connectivity index (χ4v) is 2.44. The number of hydrogen-bond donors (Lipinski definition) is 1. The van der Waals surface area contributed by atoms with Crippen LogP contribution in [0.4, 0.5) is 0 Å². The summed E-state index contributed by atoms with van der Waals surface area (Å²) in [5, 5.41) is 2.83. The SMILES string of the molecule is COCC(=O)NC(C)c1nc2ccccc2n1C(C)C(C)=O. The van der Waals surface area contributed by atoms with Crippen LogP contribution in [0.3, 0.4) is 0 Å². The van der Waals surface area contributed by atoms with Crippen LogP contribution in [0.1, 0.15) is 38.7 Å². The number of nitrogens with one attached hydrogen (secondary N) is 1. The van der Waals surface area contributed by atoms with Crippen molar-refractivity contribution in [2.45, 2.75) is 32.9 Å². The van der Waals surface area contributed by atoms with Crippen LogP contribution in [0, 0.1) is 0 Å². The monoisotopic (exact) mass is 303 g/mol. The minimum Gasteiger partial charge on any atom is -0.375 e. The first-order chi connectivity index (χ1) is 10.5. The van der Waals surface area contributed by atoms with Crippen LogP contribution in [0.25, 0.3) is 11.0 Å². The van der Waals surface area contributed by atoms with Gasteiger partial charge < -0.3 is 14.6 Å². The van der Waals surface area contributed by atoms with Crippen molar-refractivity contribution in [3.05, 3.63) is 30.1 Å². The number of carbonyl (C=O) groups is 2. The smallest absolute Gasteiger partial charge is 0.246 e. The van der Waals surface area contributed by atoms with Gasteiger partial charge in [-0.15, -0.1) is 0 Å². The number of carbonyl (C=O) groups excluding carboxylic acids is 2. The molecule has 0 aliphatic heterocycles. The quantitative estimate of drug-likeness (QED) is 0.886. The first-order valence-corrected chi connectivity index (χ1v) is 7.21. The van der Waals surface area contributed by atoms with E-state index in [1.807, 2.05) is 42.7 Å². The normalized spacial score (nSPS) is 13.8. The van der Waals surface area contributed by atoms with Gasteiger partial charge in [0.2, 0.25) is 5.91 Å². The lowest BCUT2D eigenvalue weighted by atomic mass is 10.2. The Morgan fingerprint density at radius 2 is 2.00 bits per heavy atom. The molecular formula is C16H21N3O3. The first-order valence-electron chi connectivity index (χ1n) is 7.21. The third kappa shape index (κ3) is 3.17. The highest BCUT2D eigenvalue weighted by Gasteiger charge is 2.23. The van der Waals surface area contributed by atoms with Crippen molar-refractivity contribution in [3.63, 3.8) is 0 Å². The molecule has 0 radical (unpaired) electrons. The number of amides is 1. The molecule has 2 aromatic rings. The van der Waals surface area contributed by atoms with Crippen LogP contribution in [-0.2, 0) is 14.3 Å². The van der Waals surface area contributed by atoms with Gasteiger partial charge in [0.25, 0.3) is 0 Å². The average Bonchev–Trinajstić information content (AvgIpc) is 2.85. The number of imidazole rings is 1. The Labute approximate surface area is 129 Å². The molecule has 1 heterocycles. The number of ether oxygens (including phenoxy) is 1. The highest BCUT2D eigenvalue weighted by atomic mass is 16.5. The van der Waals surface area contributed by atoms with Gasteiger partial charge in [-0.05, 0) is 32.9 Å². The maximum absolute atomic E-state index is 11.8. The Bertz CT molecular complexity index is 693. The summed E-state index contributed by atoms with van der Waals surface area (Å²) in [6, 6.07) is 6.96. The zero-order valence-corrected chi connectivity index (χ0v) is 13.3.